The van der Waals surface area contributed by atoms with Gasteiger partial charge >= 0.3 is 0 Å². The van der Waals surface area contributed by atoms with Gasteiger partial charge in [-0.25, -0.2) is 0 Å². The van der Waals surface area contributed by atoms with Crippen LogP contribution in [0.2, 0.25) is 0 Å². The maximum absolute atomic E-state index is 3.52. The van der Waals surface area contributed by atoms with E-state index in [2.05, 4.69) is 52.0 Å². The van der Waals surface area contributed by atoms with Crippen LogP contribution >= 0.6 is 34.0 Å². The van der Waals surface area contributed by atoms with Gasteiger partial charge in [-0.3, -0.25) is 0 Å². The molecule has 0 amide bonds. The summed E-state index contributed by atoms with van der Waals surface area (Å²) < 4.78 is 0. The van der Waals surface area contributed by atoms with E-state index in [0.717, 1.165) is 13.1 Å². The van der Waals surface area contributed by atoms with Crippen LogP contribution in [0.25, 0.3) is 10.4 Å². The Morgan fingerprint density at radius 1 is 1.11 bits per heavy atom. The summed E-state index contributed by atoms with van der Waals surface area (Å²) in [6.45, 7) is 4.08. The maximum Gasteiger partial charge on any atom is 0.0351 e. The van der Waals surface area contributed by atoms with Crippen molar-refractivity contribution < 1.29 is 0 Å². The second-order valence-electron chi connectivity index (χ2n) is 4.46. The third-order valence-corrected chi connectivity index (χ3v) is 5.80. The van der Waals surface area contributed by atoms with Gasteiger partial charge in [-0.1, -0.05) is 6.07 Å². The van der Waals surface area contributed by atoms with Crippen LogP contribution in [0.5, 0.6) is 0 Å². The lowest BCUT2D eigenvalue weighted by molar-refractivity contribution is 0.700. The number of nitrogens with one attached hydrogen (secondary N) is 1. The van der Waals surface area contributed by atoms with Gasteiger partial charge in [0.2, 0.25) is 0 Å². The molecule has 4 heteroatoms. The molecule has 3 aromatic rings. The number of hydrogen-bond donors (Lipinski definition) is 1. The van der Waals surface area contributed by atoms with Crippen molar-refractivity contribution in [2.24, 2.45) is 0 Å². The molecular weight excluding hydrogens is 290 g/mol. The zero-order valence-corrected chi connectivity index (χ0v) is 13.1. The van der Waals surface area contributed by atoms with Crippen molar-refractivity contribution in [3.8, 4) is 10.4 Å². The summed E-state index contributed by atoms with van der Waals surface area (Å²) in [5.74, 6) is 0. The molecule has 0 saturated heterocycles. The molecule has 98 valence electrons. The van der Waals surface area contributed by atoms with E-state index in [1.807, 2.05) is 11.3 Å². The maximum atomic E-state index is 3.52. The molecule has 1 nitrogen and oxygen atoms in total. The molecule has 0 atom stereocenters. The Labute approximate surface area is 125 Å². The first-order chi connectivity index (χ1) is 9.33. The molecule has 0 bridgehead atoms. The van der Waals surface area contributed by atoms with Crippen LogP contribution in [-0.2, 0) is 13.1 Å². The molecule has 0 aliphatic carbocycles. The highest BCUT2D eigenvalue weighted by Crippen LogP contribution is 2.29. The zero-order chi connectivity index (χ0) is 13.1. The molecule has 3 heterocycles. The molecule has 19 heavy (non-hydrogen) atoms. The Morgan fingerprint density at radius 3 is 2.79 bits per heavy atom. The average Bonchev–Trinajstić information content (AvgIpc) is 3.11. The number of thiophene rings is 3. The zero-order valence-electron chi connectivity index (χ0n) is 10.7. The topological polar surface area (TPSA) is 12.0 Å². The summed E-state index contributed by atoms with van der Waals surface area (Å²) in [6.07, 6.45) is 0. The summed E-state index contributed by atoms with van der Waals surface area (Å²) in [7, 11) is 0. The number of rotatable bonds is 5. The molecule has 0 aliphatic rings. The van der Waals surface area contributed by atoms with Crippen LogP contribution in [-0.4, -0.2) is 0 Å². The first kappa shape index (κ1) is 13.1. The molecule has 1 N–H and O–H groups in total. The van der Waals surface area contributed by atoms with Gasteiger partial charge in [-0.15, -0.1) is 22.7 Å². The minimum atomic E-state index is 0.950. The highest BCUT2D eigenvalue weighted by molar-refractivity contribution is 7.14. The van der Waals surface area contributed by atoms with Crippen molar-refractivity contribution >= 4 is 34.0 Å². The molecule has 0 radical (unpaired) electrons. The van der Waals surface area contributed by atoms with Crippen LogP contribution in [0.1, 0.15) is 16.0 Å². The Morgan fingerprint density at radius 2 is 2.05 bits per heavy atom. The van der Waals surface area contributed by atoms with Crippen LogP contribution in [0, 0.1) is 6.92 Å². The van der Waals surface area contributed by atoms with Crippen LogP contribution in [0.3, 0.4) is 0 Å². The highest BCUT2D eigenvalue weighted by Gasteiger charge is 2.04. The average molecular weight is 305 g/mol. The van der Waals surface area contributed by atoms with E-state index in [0.29, 0.717) is 0 Å². The summed E-state index contributed by atoms with van der Waals surface area (Å²) in [6, 6.07) is 6.58. The molecule has 0 spiro atoms. The van der Waals surface area contributed by atoms with E-state index >= 15 is 0 Å². The molecule has 0 aromatic carbocycles. The van der Waals surface area contributed by atoms with E-state index in [9.17, 15) is 0 Å². The summed E-state index contributed by atoms with van der Waals surface area (Å²) in [5.41, 5.74) is 4.16. The Bertz CT molecular complexity index is 634. The standard InChI is InChI=1S/C15H15NS3/c1-11-8-17-9-13(11)6-16-7-14-5-12(10-19-14)15-3-2-4-18-15/h2-5,8-10,16H,6-7H2,1H3. The molecule has 3 rings (SSSR count). The highest BCUT2D eigenvalue weighted by atomic mass is 32.1. The van der Waals surface area contributed by atoms with Gasteiger partial charge in [-0.05, 0) is 51.7 Å². The molecule has 3 aromatic heterocycles. The Hall–Kier alpha value is -0.940. The van der Waals surface area contributed by atoms with Crippen molar-refractivity contribution in [2.75, 3.05) is 0 Å². The first-order valence-electron chi connectivity index (χ1n) is 6.16. The van der Waals surface area contributed by atoms with E-state index in [4.69, 9.17) is 0 Å². The lowest BCUT2D eigenvalue weighted by atomic mass is 10.2. The second kappa shape index (κ2) is 6.01. The summed E-state index contributed by atoms with van der Waals surface area (Å²) in [4.78, 5) is 2.76. The largest absolute Gasteiger partial charge is 0.308 e. The fourth-order valence-corrected chi connectivity index (χ4v) is 4.43. The van der Waals surface area contributed by atoms with Crippen molar-refractivity contribution in [1.29, 1.82) is 0 Å². The predicted molar refractivity (Wildman–Crippen MR) is 87.2 cm³/mol. The molecule has 0 aliphatic heterocycles. The number of aryl methyl sites for hydroxylation is 1. The van der Waals surface area contributed by atoms with E-state index in [1.165, 1.54) is 26.4 Å². The fraction of sp³-hybridized carbons (Fsp3) is 0.200. The summed E-state index contributed by atoms with van der Waals surface area (Å²) >= 11 is 5.42. The Balaban J connectivity index is 1.58. The van der Waals surface area contributed by atoms with Crippen molar-refractivity contribution in [1.82, 2.24) is 5.32 Å². The van der Waals surface area contributed by atoms with Crippen molar-refractivity contribution in [2.45, 2.75) is 20.0 Å². The molecule has 0 fully saturated rings. The van der Waals surface area contributed by atoms with Crippen LogP contribution < -0.4 is 5.32 Å². The third kappa shape index (κ3) is 3.15. The summed E-state index contributed by atoms with van der Waals surface area (Å²) in [5, 5.41) is 12.3. The van der Waals surface area contributed by atoms with Crippen molar-refractivity contribution in [3.05, 3.63) is 55.7 Å². The number of hydrogen-bond acceptors (Lipinski definition) is 4. The van der Waals surface area contributed by atoms with E-state index in [-0.39, 0.29) is 0 Å². The van der Waals surface area contributed by atoms with Crippen molar-refractivity contribution in [3.63, 3.8) is 0 Å². The van der Waals surface area contributed by atoms with Gasteiger partial charge < -0.3 is 5.32 Å². The minimum absolute atomic E-state index is 0.950. The minimum Gasteiger partial charge on any atom is -0.308 e. The van der Waals surface area contributed by atoms with Gasteiger partial charge in [0.15, 0.2) is 0 Å². The smallest absolute Gasteiger partial charge is 0.0351 e. The monoisotopic (exact) mass is 305 g/mol. The van der Waals surface area contributed by atoms with Gasteiger partial charge in [0.25, 0.3) is 0 Å². The molecule has 0 saturated carbocycles. The Kier molecular flexibility index (Phi) is 4.13. The van der Waals surface area contributed by atoms with Gasteiger partial charge in [0.1, 0.15) is 0 Å². The van der Waals surface area contributed by atoms with Crippen LogP contribution in [0.15, 0.2) is 39.7 Å². The molecular formula is C15H15NS3. The van der Waals surface area contributed by atoms with E-state index < -0.39 is 0 Å². The SMILES string of the molecule is Cc1cscc1CNCc1cc(-c2cccs2)cs1. The van der Waals surface area contributed by atoms with E-state index in [1.54, 1.807) is 22.7 Å². The lowest BCUT2D eigenvalue weighted by Crippen LogP contribution is -2.11. The van der Waals surface area contributed by atoms with Crippen LogP contribution in [0.4, 0.5) is 0 Å². The van der Waals surface area contributed by atoms with Gasteiger partial charge in [0, 0.05) is 28.4 Å². The van der Waals surface area contributed by atoms with Gasteiger partial charge in [-0.2, -0.15) is 11.3 Å². The predicted octanol–water partition coefficient (Wildman–Crippen LogP) is 5.14. The first-order valence-corrected chi connectivity index (χ1v) is 8.87. The second-order valence-corrected chi connectivity index (χ2v) is 7.15. The quantitative estimate of drug-likeness (QED) is 0.688. The molecule has 0 unspecified atom stereocenters. The van der Waals surface area contributed by atoms with Gasteiger partial charge in [0.05, 0.1) is 0 Å². The third-order valence-electron chi connectivity index (χ3n) is 3.04. The normalized spacial score (nSPS) is 11.0. The fourth-order valence-electron chi connectivity index (χ4n) is 1.93. The lowest BCUT2D eigenvalue weighted by Gasteiger charge is -2.02.